The molecule has 2 atom stereocenters. The van der Waals surface area contributed by atoms with Gasteiger partial charge in [0.05, 0.1) is 17.8 Å². The summed E-state index contributed by atoms with van der Waals surface area (Å²) < 4.78 is 30.9. The van der Waals surface area contributed by atoms with Gasteiger partial charge in [-0.1, -0.05) is 51.1 Å². The second-order valence-electron chi connectivity index (χ2n) is 12.2. The van der Waals surface area contributed by atoms with E-state index in [1.165, 1.54) is 0 Å². The van der Waals surface area contributed by atoms with Crippen LogP contribution in [0.2, 0.25) is 0 Å². The second kappa shape index (κ2) is 16.2. The molecule has 0 aliphatic rings. The highest BCUT2D eigenvalue weighted by Gasteiger charge is 2.38. The number of unbranched alkanes of at least 4 members (excludes halogenated alkanes) is 1. The highest BCUT2D eigenvalue weighted by atomic mass is 19.1. The van der Waals surface area contributed by atoms with Crippen molar-refractivity contribution in [1.82, 2.24) is 19.8 Å². The standard InChI is InChI=1S/C33H44F2N6O4/c1-33(2,3)30(41(29(44)21-42)17-8-7-13-28(43)26(36)12-9-16-38-32(37)45)31-39-27(24-18-23(34)14-15-25(24)35)20-40(31)19-22-10-5-4-6-11-22/h4-6,10-11,14-15,18,20,26,30,42H,7-9,12-13,16-17,19,21,36H2,1-3H3,(H3,37,38,45)/t26-,30-/m0/s1. The van der Waals surface area contributed by atoms with Gasteiger partial charge in [-0.2, -0.15) is 0 Å². The molecule has 0 saturated heterocycles. The Morgan fingerprint density at radius 2 is 1.78 bits per heavy atom. The highest BCUT2D eigenvalue weighted by Crippen LogP contribution is 2.39. The number of rotatable bonds is 16. The van der Waals surface area contributed by atoms with Crippen LogP contribution in [0.4, 0.5) is 13.6 Å². The number of hydrogen-bond acceptors (Lipinski definition) is 6. The Morgan fingerprint density at radius 3 is 2.42 bits per heavy atom. The zero-order valence-corrected chi connectivity index (χ0v) is 26.1. The van der Waals surface area contributed by atoms with E-state index in [9.17, 15) is 28.3 Å². The van der Waals surface area contributed by atoms with Crippen molar-refractivity contribution in [2.45, 2.75) is 71.5 Å². The fraction of sp³-hybridized carbons (Fsp3) is 0.455. The van der Waals surface area contributed by atoms with Gasteiger partial charge in [-0.05, 0) is 54.9 Å². The number of carbonyl (C=O) groups excluding carboxylic acids is 3. The van der Waals surface area contributed by atoms with Gasteiger partial charge in [-0.25, -0.2) is 18.6 Å². The van der Waals surface area contributed by atoms with Crippen molar-refractivity contribution in [3.8, 4) is 11.3 Å². The topological polar surface area (TPSA) is 157 Å². The summed E-state index contributed by atoms with van der Waals surface area (Å²) in [4.78, 5) is 43.0. The molecule has 45 heavy (non-hydrogen) atoms. The number of primary amides is 1. The van der Waals surface area contributed by atoms with Crippen molar-refractivity contribution >= 4 is 17.7 Å². The predicted octanol–water partition coefficient (Wildman–Crippen LogP) is 4.30. The van der Waals surface area contributed by atoms with Crippen LogP contribution in [0.25, 0.3) is 11.3 Å². The number of aromatic nitrogens is 2. The first-order chi connectivity index (χ1) is 21.3. The number of aliphatic hydroxyl groups is 1. The number of nitrogens with zero attached hydrogens (tertiary/aromatic N) is 3. The average molecular weight is 627 g/mol. The molecular formula is C33H44F2N6O4. The maximum Gasteiger partial charge on any atom is 0.312 e. The van der Waals surface area contributed by atoms with E-state index in [-0.39, 0.29) is 30.0 Å². The number of benzene rings is 2. The molecule has 6 N–H and O–H groups in total. The van der Waals surface area contributed by atoms with Crippen LogP contribution >= 0.6 is 0 Å². The molecular weight excluding hydrogens is 582 g/mol. The smallest absolute Gasteiger partial charge is 0.312 e. The normalized spacial score (nSPS) is 12.9. The Morgan fingerprint density at radius 1 is 1.07 bits per heavy atom. The summed E-state index contributed by atoms with van der Waals surface area (Å²) in [5, 5.41) is 12.4. The van der Waals surface area contributed by atoms with Gasteiger partial charge in [-0.3, -0.25) is 9.59 Å². The molecule has 0 saturated carbocycles. The molecule has 2 aromatic carbocycles. The molecule has 1 aromatic heterocycles. The number of amides is 3. The van der Waals surface area contributed by atoms with Crippen molar-refractivity contribution in [3.63, 3.8) is 0 Å². The van der Waals surface area contributed by atoms with E-state index in [0.29, 0.717) is 44.6 Å². The molecule has 3 aromatic rings. The summed E-state index contributed by atoms with van der Waals surface area (Å²) in [6.45, 7) is 5.99. The van der Waals surface area contributed by atoms with Gasteiger partial charge in [0.15, 0.2) is 0 Å². The number of ketones is 1. The van der Waals surface area contributed by atoms with Crippen LogP contribution < -0.4 is 16.8 Å². The van der Waals surface area contributed by atoms with Crippen LogP contribution in [-0.4, -0.2) is 63.0 Å². The molecule has 0 bridgehead atoms. The zero-order valence-electron chi connectivity index (χ0n) is 26.1. The lowest BCUT2D eigenvalue weighted by atomic mass is 9.84. The van der Waals surface area contributed by atoms with Crippen molar-refractivity contribution in [2.75, 3.05) is 19.7 Å². The fourth-order valence-electron chi connectivity index (χ4n) is 5.32. The molecule has 0 radical (unpaired) electrons. The largest absolute Gasteiger partial charge is 0.387 e. The zero-order chi connectivity index (χ0) is 33.1. The molecule has 0 unspecified atom stereocenters. The number of Topliss-reactive ketones (excluding diaryl/α,β-unsaturated/α-hetero) is 1. The van der Waals surface area contributed by atoms with Gasteiger partial charge < -0.3 is 31.4 Å². The van der Waals surface area contributed by atoms with E-state index in [1.54, 1.807) is 11.1 Å². The van der Waals surface area contributed by atoms with E-state index in [1.807, 2.05) is 55.7 Å². The van der Waals surface area contributed by atoms with Crippen LogP contribution in [0.5, 0.6) is 0 Å². The minimum atomic E-state index is -0.736. The monoisotopic (exact) mass is 626 g/mol. The molecule has 0 spiro atoms. The molecule has 3 amide bonds. The van der Waals surface area contributed by atoms with Crippen molar-refractivity contribution in [3.05, 3.63) is 77.8 Å². The Hall–Kier alpha value is -4.16. The van der Waals surface area contributed by atoms with Crippen molar-refractivity contribution in [1.29, 1.82) is 0 Å². The Balaban J connectivity index is 1.88. The minimum absolute atomic E-state index is 0.00369. The summed E-state index contributed by atoms with van der Waals surface area (Å²) in [6.07, 6.45) is 3.68. The first-order valence-corrected chi connectivity index (χ1v) is 15.1. The second-order valence-corrected chi connectivity index (χ2v) is 12.2. The number of imidazole rings is 1. The van der Waals surface area contributed by atoms with Gasteiger partial charge in [-0.15, -0.1) is 0 Å². The van der Waals surface area contributed by atoms with Crippen LogP contribution in [0.3, 0.4) is 0 Å². The van der Waals surface area contributed by atoms with Gasteiger partial charge >= 0.3 is 6.03 Å². The van der Waals surface area contributed by atoms with E-state index in [4.69, 9.17) is 16.5 Å². The summed E-state index contributed by atoms with van der Waals surface area (Å²) >= 11 is 0. The fourth-order valence-corrected chi connectivity index (χ4v) is 5.32. The van der Waals surface area contributed by atoms with E-state index < -0.39 is 47.7 Å². The maximum absolute atomic E-state index is 14.9. The highest BCUT2D eigenvalue weighted by molar-refractivity contribution is 5.83. The third kappa shape index (κ3) is 10.2. The predicted molar refractivity (Wildman–Crippen MR) is 168 cm³/mol. The number of urea groups is 1. The van der Waals surface area contributed by atoms with Crippen LogP contribution in [0.15, 0.2) is 54.7 Å². The molecule has 12 heteroatoms. The van der Waals surface area contributed by atoms with E-state index in [0.717, 1.165) is 23.8 Å². The molecule has 1 heterocycles. The average Bonchev–Trinajstić information content (AvgIpc) is 3.39. The molecule has 0 aliphatic heterocycles. The molecule has 0 aliphatic carbocycles. The number of halogens is 2. The van der Waals surface area contributed by atoms with Gasteiger partial charge in [0.25, 0.3) is 0 Å². The lowest BCUT2D eigenvalue weighted by molar-refractivity contribution is -0.139. The first-order valence-electron chi connectivity index (χ1n) is 15.1. The first kappa shape index (κ1) is 35.3. The minimum Gasteiger partial charge on any atom is -0.387 e. The number of carbonyl (C=O) groups is 3. The Kier molecular flexibility index (Phi) is 12.7. The molecule has 244 valence electrons. The third-order valence-electron chi connectivity index (χ3n) is 7.52. The molecule has 3 rings (SSSR count). The molecule has 10 nitrogen and oxygen atoms in total. The summed E-state index contributed by atoms with van der Waals surface area (Å²) in [6, 6.07) is 10.8. The van der Waals surface area contributed by atoms with Crippen LogP contribution in [-0.2, 0) is 16.1 Å². The lowest BCUT2D eigenvalue weighted by Crippen LogP contribution is -2.44. The number of hydrogen-bond donors (Lipinski definition) is 4. The van der Waals surface area contributed by atoms with E-state index in [2.05, 4.69) is 5.32 Å². The van der Waals surface area contributed by atoms with E-state index >= 15 is 0 Å². The van der Waals surface area contributed by atoms with Gasteiger partial charge in [0, 0.05) is 37.8 Å². The van der Waals surface area contributed by atoms with Crippen molar-refractivity contribution < 1.29 is 28.3 Å². The lowest BCUT2D eigenvalue weighted by Gasteiger charge is -2.40. The summed E-state index contributed by atoms with van der Waals surface area (Å²) in [5.74, 6) is -1.43. The Bertz CT molecular complexity index is 1440. The summed E-state index contributed by atoms with van der Waals surface area (Å²) in [7, 11) is 0. The van der Waals surface area contributed by atoms with Crippen molar-refractivity contribution in [2.24, 2.45) is 16.9 Å². The van der Waals surface area contributed by atoms with Crippen LogP contribution in [0.1, 0.15) is 70.3 Å². The van der Waals surface area contributed by atoms with Gasteiger partial charge in [0.1, 0.15) is 29.8 Å². The Labute approximate surface area is 262 Å². The summed E-state index contributed by atoms with van der Waals surface area (Å²) in [5.41, 5.74) is 11.6. The number of nitrogens with one attached hydrogen (secondary N) is 1. The number of nitrogens with two attached hydrogens (primary N) is 2. The van der Waals surface area contributed by atoms with Gasteiger partial charge in [0.2, 0.25) is 5.91 Å². The molecule has 0 fully saturated rings. The van der Waals surface area contributed by atoms with Crippen LogP contribution in [0, 0.1) is 17.0 Å². The maximum atomic E-state index is 14.9. The number of aliphatic hydroxyl groups excluding tert-OH is 1. The third-order valence-corrected chi connectivity index (χ3v) is 7.52. The quantitative estimate of drug-likeness (QED) is 0.174. The SMILES string of the molecule is CC(C)(C)[C@H](c1nc(-c2cc(F)ccc2F)cn1Cc1ccccc1)N(CCCCC(=O)[C@@H](N)CCCNC(N)=O)C(=O)CO.